The van der Waals surface area contributed by atoms with Crippen LogP contribution in [0.4, 0.5) is 10.1 Å². The predicted molar refractivity (Wildman–Crippen MR) is 69.0 cm³/mol. The molecule has 1 fully saturated rings. The lowest BCUT2D eigenvalue weighted by Gasteiger charge is -2.32. The zero-order chi connectivity index (χ0) is 13.0. The maximum absolute atomic E-state index is 13.7. The molecule has 0 amide bonds. The summed E-state index contributed by atoms with van der Waals surface area (Å²) < 4.78 is 13.7. The van der Waals surface area contributed by atoms with E-state index in [0.717, 1.165) is 18.5 Å². The van der Waals surface area contributed by atoms with Crippen LogP contribution in [0, 0.1) is 5.82 Å². The predicted octanol–water partition coefficient (Wildman–Crippen LogP) is 2.06. The molecule has 100 valence electrons. The molecule has 0 bridgehead atoms. The van der Waals surface area contributed by atoms with E-state index >= 15 is 0 Å². The van der Waals surface area contributed by atoms with Crippen LogP contribution in [0.15, 0.2) is 18.2 Å². The molecule has 18 heavy (non-hydrogen) atoms. The molecule has 1 aliphatic rings. The fourth-order valence-electron chi connectivity index (χ4n) is 2.80. The van der Waals surface area contributed by atoms with Gasteiger partial charge in [0, 0.05) is 23.8 Å². The van der Waals surface area contributed by atoms with Gasteiger partial charge in [0.1, 0.15) is 5.82 Å². The lowest BCUT2D eigenvalue weighted by molar-refractivity contribution is 0.274. The first-order valence-electron chi connectivity index (χ1n) is 6.53. The van der Waals surface area contributed by atoms with Gasteiger partial charge in [-0.2, -0.15) is 0 Å². The normalized spacial score (nSPS) is 16.2. The Labute approximate surface area is 107 Å². The molecule has 0 spiro atoms. The van der Waals surface area contributed by atoms with Crippen molar-refractivity contribution in [3.05, 3.63) is 29.6 Å². The average molecular weight is 253 g/mol. The summed E-state index contributed by atoms with van der Waals surface area (Å²) >= 11 is 0. The van der Waals surface area contributed by atoms with Gasteiger partial charge in [-0.15, -0.1) is 0 Å². The number of aliphatic hydroxyl groups excluding tert-OH is 2. The molecule has 2 N–H and O–H groups in total. The Kier molecular flexibility index (Phi) is 4.55. The summed E-state index contributed by atoms with van der Waals surface area (Å²) in [5.41, 5.74) is 1.05. The van der Waals surface area contributed by atoms with Gasteiger partial charge in [-0.25, -0.2) is 4.39 Å². The van der Waals surface area contributed by atoms with Crippen LogP contribution in [-0.2, 0) is 6.61 Å². The molecule has 0 heterocycles. The molecule has 0 unspecified atom stereocenters. The fraction of sp³-hybridized carbons (Fsp3) is 0.571. The largest absolute Gasteiger partial charge is 0.395 e. The highest BCUT2D eigenvalue weighted by Crippen LogP contribution is 2.31. The van der Waals surface area contributed by atoms with Crippen LogP contribution in [0.2, 0.25) is 0 Å². The minimum Gasteiger partial charge on any atom is -0.395 e. The van der Waals surface area contributed by atoms with E-state index < -0.39 is 0 Å². The number of benzene rings is 1. The number of halogens is 1. The highest BCUT2D eigenvalue weighted by atomic mass is 19.1. The van der Waals surface area contributed by atoms with Crippen molar-refractivity contribution in [2.24, 2.45) is 0 Å². The number of hydrogen-bond donors (Lipinski definition) is 2. The minimum atomic E-state index is -0.379. The first-order chi connectivity index (χ1) is 8.77. The number of aliphatic hydroxyl groups is 2. The SMILES string of the molecule is OCCN(c1cccc(F)c1CO)C1CCCC1. The summed E-state index contributed by atoms with van der Waals surface area (Å²) in [4.78, 5) is 2.04. The van der Waals surface area contributed by atoms with E-state index in [1.807, 2.05) is 11.0 Å². The third kappa shape index (κ3) is 2.65. The Bertz CT molecular complexity index is 391. The molecular formula is C14H20FNO2. The highest BCUT2D eigenvalue weighted by Gasteiger charge is 2.24. The van der Waals surface area contributed by atoms with Crippen LogP contribution in [0.1, 0.15) is 31.2 Å². The number of hydrogen-bond acceptors (Lipinski definition) is 3. The van der Waals surface area contributed by atoms with Gasteiger partial charge in [0.2, 0.25) is 0 Å². The second-order valence-electron chi connectivity index (χ2n) is 4.75. The van der Waals surface area contributed by atoms with Crippen molar-refractivity contribution in [1.82, 2.24) is 0 Å². The summed E-state index contributed by atoms with van der Waals surface area (Å²) in [6.07, 6.45) is 4.50. The van der Waals surface area contributed by atoms with Crippen molar-refractivity contribution in [3.8, 4) is 0 Å². The molecule has 0 aromatic heterocycles. The van der Waals surface area contributed by atoms with E-state index in [1.165, 1.54) is 18.9 Å². The number of rotatable bonds is 5. The Morgan fingerprint density at radius 2 is 1.94 bits per heavy atom. The molecule has 1 aromatic rings. The van der Waals surface area contributed by atoms with Crippen LogP contribution in [0.25, 0.3) is 0 Å². The van der Waals surface area contributed by atoms with Gasteiger partial charge < -0.3 is 15.1 Å². The molecule has 0 atom stereocenters. The van der Waals surface area contributed by atoms with Crippen LogP contribution in [0.3, 0.4) is 0 Å². The smallest absolute Gasteiger partial charge is 0.130 e. The van der Waals surface area contributed by atoms with Crippen molar-refractivity contribution < 1.29 is 14.6 Å². The standard InChI is InChI=1S/C14H20FNO2/c15-13-6-3-7-14(12(13)10-18)16(8-9-17)11-4-1-2-5-11/h3,6-7,11,17-18H,1-2,4-5,8-10H2. The Morgan fingerprint density at radius 1 is 1.22 bits per heavy atom. The molecule has 4 heteroatoms. The third-order valence-electron chi connectivity index (χ3n) is 3.67. The molecule has 1 aliphatic carbocycles. The van der Waals surface area contributed by atoms with Gasteiger partial charge in [0.15, 0.2) is 0 Å². The zero-order valence-corrected chi connectivity index (χ0v) is 10.5. The molecule has 1 saturated carbocycles. The van der Waals surface area contributed by atoms with Crippen molar-refractivity contribution in [3.63, 3.8) is 0 Å². The quantitative estimate of drug-likeness (QED) is 0.844. The van der Waals surface area contributed by atoms with Gasteiger partial charge >= 0.3 is 0 Å². The van der Waals surface area contributed by atoms with E-state index in [1.54, 1.807) is 6.07 Å². The van der Waals surface area contributed by atoms with E-state index in [0.29, 0.717) is 18.2 Å². The molecule has 1 aromatic carbocycles. The first-order valence-corrected chi connectivity index (χ1v) is 6.53. The topological polar surface area (TPSA) is 43.7 Å². The van der Waals surface area contributed by atoms with Crippen LogP contribution in [0.5, 0.6) is 0 Å². The second-order valence-corrected chi connectivity index (χ2v) is 4.75. The Hall–Kier alpha value is -1.13. The summed E-state index contributed by atoms with van der Waals surface area (Å²) in [5, 5.41) is 18.5. The zero-order valence-electron chi connectivity index (χ0n) is 10.5. The monoisotopic (exact) mass is 253 g/mol. The summed E-state index contributed by atoms with van der Waals surface area (Å²) in [6.45, 7) is 0.218. The summed E-state index contributed by atoms with van der Waals surface area (Å²) in [5.74, 6) is -0.379. The van der Waals surface area contributed by atoms with Crippen LogP contribution in [-0.4, -0.2) is 29.4 Å². The van der Waals surface area contributed by atoms with Crippen molar-refractivity contribution >= 4 is 5.69 Å². The Balaban J connectivity index is 2.32. The van der Waals surface area contributed by atoms with Gasteiger partial charge in [-0.05, 0) is 25.0 Å². The second kappa shape index (κ2) is 6.16. The van der Waals surface area contributed by atoms with Gasteiger partial charge in [-0.1, -0.05) is 18.9 Å². The molecular weight excluding hydrogens is 233 g/mol. The minimum absolute atomic E-state index is 0.0396. The van der Waals surface area contributed by atoms with Crippen LogP contribution < -0.4 is 4.90 Å². The lowest BCUT2D eigenvalue weighted by atomic mass is 10.1. The van der Waals surface area contributed by atoms with Crippen molar-refractivity contribution in [2.75, 3.05) is 18.1 Å². The van der Waals surface area contributed by atoms with Gasteiger partial charge in [0.05, 0.1) is 13.2 Å². The molecule has 2 rings (SSSR count). The lowest BCUT2D eigenvalue weighted by Crippen LogP contribution is -2.36. The number of nitrogens with zero attached hydrogens (tertiary/aromatic N) is 1. The fourth-order valence-corrected chi connectivity index (χ4v) is 2.80. The van der Waals surface area contributed by atoms with Crippen LogP contribution >= 0.6 is 0 Å². The van der Waals surface area contributed by atoms with E-state index in [2.05, 4.69) is 0 Å². The van der Waals surface area contributed by atoms with E-state index in [9.17, 15) is 14.6 Å². The van der Waals surface area contributed by atoms with Gasteiger partial charge in [-0.3, -0.25) is 0 Å². The Morgan fingerprint density at radius 3 is 2.56 bits per heavy atom. The average Bonchev–Trinajstić information content (AvgIpc) is 2.89. The van der Waals surface area contributed by atoms with Gasteiger partial charge in [0.25, 0.3) is 0 Å². The third-order valence-corrected chi connectivity index (χ3v) is 3.67. The summed E-state index contributed by atoms with van der Waals surface area (Å²) in [6, 6.07) is 5.19. The number of anilines is 1. The molecule has 0 aliphatic heterocycles. The molecule has 0 radical (unpaired) electrons. The van der Waals surface area contributed by atoms with E-state index in [4.69, 9.17) is 0 Å². The van der Waals surface area contributed by atoms with Crippen molar-refractivity contribution in [1.29, 1.82) is 0 Å². The molecule has 3 nitrogen and oxygen atoms in total. The van der Waals surface area contributed by atoms with E-state index in [-0.39, 0.29) is 19.0 Å². The molecule has 0 saturated heterocycles. The van der Waals surface area contributed by atoms with Crippen molar-refractivity contribution in [2.45, 2.75) is 38.3 Å². The first kappa shape index (κ1) is 13.3. The highest BCUT2D eigenvalue weighted by molar-refractivity contribution is 5.55. The summed E-state index contributed by atoms with van der Waals surface area (Å²) in [7, 11) is 0. The maximum Gasteiger partial charge on any atom is 0.130 e. The maximum atomic E-state index is 13.7.